The average molecular weight is 102 g/mol. The molecule has 40 valence electrons. The van der Waals surface area contributed by atoms with Gasteiger partial charge in [0.2, 0.25) is 0 Å². The molecule has 1 aliphatic rings. The number of hydrogen-bond donors (Lipinski definition) is 0. The van der Waals surface area contributed by atoms with Gasteiger partial charge in [0, 0.05) is 0 Å². The van der Waals surface area contributed by atoms with Crippen LogP contribution in [0.25, 0.3) is 0 Å². The van der Waals surface area contributed by atoms with Gasteiger partial charge >= 0.3 is 6.15 Å². The first kappa shape index (κ1) is 6.34. The van der Waals surface area contributed by atoms with Crippen molar-refractivity contribution in [3.05, 3.63) is 0 Å². The summed E-state index contributed by atoms with van der Waals surface area (Å²) in [6.07, 6.45) is 0.833. The second-order valence-electron chi connectivity index (χ2n) is 1.23. The van der Waals surface area contributed by atoms with Crippen LogP contribution in [0.2, 0.25) is 0 Å². The predicted molar refractivity (Wildman–Crippen MR) is 20.4 cm³/mol. The second kappa shape index (κ2) is 3.53. The first-order valence-electron chi connectivity index (χ1n) is 1.92. The Labute approximate surface area is 41.3 Å². The molecule has 7 heavy (non-hydrogen) atoms. The molecule has 0 spiro atoms. The van der Waals surface area contributed by atoms with Gasteiger partial charge in [-0.25, -0.2) is 0 Å². The SMILES string of the molecule is CC1CO1.O=C=O. The highest BCUT2D eigenvalue weighted by atomic mass is 16.6. The van der Waals surface area contributed by atoms with Crippen LogP contribution in [-0.4, -0.2) is 18.9 Å². The van der Waals surface area contributed by atoms with Gasteiger partial charge in [0.15, 0.2) is 0 Å². The summed E-state index contributed by atoms with van der Waals surface area (Å²) in [5, 5.41) is 0. The van der Waals surface area contributed by atoms with E-state index in [0.717, 1.165) is 6.61 Å². The first-order valence-corrected chi connectivity index (χ1v) is 1.92. The Morgan fingerprint density at radius 1 is 1.71 bits per heavy atom. The van der Waals surface area contributed by atoms with E-state index in [2.05, 4.69) is 6.92 Å². The van der Waals surface area contributed by atoms with Crippen molar-refractivity contribution >= 4 is 6.15 Å². The van der Waals surface area contributed by atoms with Crippen LogP contribution in [0.15, 0.2) is 0 Å². The molecule has 0 N–H and O–H groups in total. The van der Waals surface area contributed by atoms with Gasteiger partial charge in [-0.3, -0.25) is 0 Å². The van der Waals surface area contributed by atoms with Gasteiger partial charge < -0.3 is 4.74 Å². The fraction of sp³-hybridized carbons (Fsp3) is 0.750. The van der Waals surface area contributed by atoms with Crippen molar-refractivity contribution in [3.8, 4) is 0 Å². The second-order valence-corrected chi connectivity index (χ2v) is 1.23. The highest BCUT2D eigenvalue weighted by Crippen LogP contribution is 2.04. The minimum Gasteiger partial charge on any atom is -0.373 e. The van der Waals surface area contributed by atoms with Gasteiger partial charge in [0.05, 0.1) is 12.7 Å². The molecule has 1 aliphatic heterocycles. The molecule has 0 amide bonds. The average Bonchev–Trinajstić information content (AvgIpc) is 2.25. The molecule has 0 aromatic rings. The Morgan fingerprint density at radius 2 is 1.86 bits per heavy atom. The Kier molecular flexibility index (Phi) is 3.19. The van der Waals surface area contributed by atoms with Crippen molar-refractivity contribution in [2.45, 2.75) is 13.0 Å². The number of hydrogen-bond acceptors (Lipinski definition) is 3. The number of rotatable bonds is 0. The van der Waals surface area contributed by atoms with Crippen LogP contribution in [-0.2, 0) is 14.3 Å². The summed E-state index contributed by atoms with van der Waals surface area (Å²) in [5.74, 6) is 0. The molecule has 0 aromatic heterocycles. The van der Waals surface area contributed by atoms with E-state index in [4.69, 9.17) is 14.3 Å². The topological polar surface area (TPSA) is 46.7 Å². The van der Waals surface area contributed by atoms with E-state index in [9.17, 15) is 0 Å². The summed E-state index contributed by atoms with van der Waals surface area (Å²) < 4.78 is 4.71. The molecule has 1 rings (SSSR count). The van der Waals surface area contributed by atoms with Crippen LogP contribution in [0.3, 0.4) is 0 Å². The molecular formula is C4H6O3. The van der Waals surface area contributed by atoms with Crippen molar-refractivity contribution in [1.82, 2.24) is 0 Å². The number of epoxide rings is 1. The molecule has 0 aliphatic carbocycles. The van der Waals surface area contributed by atoms with Crippen molar-refractivity contribution < 1.29 is 14.3 Å². The van der Waals surface area contributed by atoms with Crippen molar-refractivity contribution in [2.75, 3.05) is 6.61 Å². The van der Waals surface area contributed by atoms with Gasteiger partial charge in [-0.15, -0.1) is 0 Å². The molecule has 1 atom stereocenters. The highest BCUT2D eigenvalue weighted by Gasteiger charge is 2.13. The molecular weight excluding hydrogens is 96.0 g/mol. The Bertz CT molecular complexity index is 69.0. The van der Waals surface area contributed by atoms with Gasteiger partial charge in [-0.1, -0.05) is 0 Å². The Balaban J connectivity index is 0.000000110. The minimum absolute atomic E-state index is 0.250. The van der Waals surface area contributed by atoms with Crippen molar-refractivity contribution in [2.24, 2.45) is 0 Å². The fourth-order valence-corrected chi connectivity index (χ4v) is 0.0962. The van der Waals surface area contributed by atoms with Crippen molar-refractivity contribution in [1.29, 1.82) is 0 Å². The van der Waals surface area contributed by atoms with Crippen LogP contribution in [0, 0.1) is 0 Å². The zero-order valence-electron chi connectivity index (χ0n) is 4.01. The van der Waals surface area contributed by atoms with E-state index in [1.54, 1.807) is 0 Å². The molecule has 1 saturated heterocycles. The lowest BCUT2D eigenvalue weighted by molar-refractivity contribution is -0.191. The van der Waals surface area contributed by atoms with Crippen LogP contribution < -0.4 is 0 Å². The lowest BCUT2D eigenvalue weighted by Gasteiger charge is -1.50. The Hall–Kier alpha value is -0.660. The summed E-state index contributed by atoms with van der Waals surface area (Å²) in [7, 11) is 0. The van der Waals surface area contributed by atoms with Crippen molar-refractivity contribution in [3.63, 3.8) is 0 Å². The largest absolute Gasteiger partial charge is 0.373 e. The van der Waals surface area contributed by atoms with Gasteiger partial charge in [-0.05, 0) is 6.92 Å². The maximum absolute atomic E-state index is 8.12. The quantitative estimate of drug-likeness (QED) is 0.398. The van der Waals surface area contributed by atoms with Gasteiger partial charge in [-0.2, -0.15) is 9.59 Å². The maximum Gasteiger partial charge on any atom is 0.373 e. The fourth-order valence-electron chi connectivity index (χ4n) is 0.0962. The zero-order valence-corrected chi connectivity index (χ0v) is 4.01. The number of ether oxygens (including phenoxy) is 1. The molecule has 3 heteroatoms. The number of carbonyl (C=O) groups excluding carboxylic acids is 2. The molecule has 1 fully saturated rings. The molecule has 1 unspecified atom stereocenters. The molecule has 0 saturated carbocycles. The highest BCUT2D eigenvalue weighted by molar-refractivity contribution is 5.20. The minimum atomic E-state index is 0.250. The molecule has 3 nitrogen and oxygen atoms in total. The smallest absolute Gasteiger partial charge is 0.373 e. The Morgan fingerprint density at radius 3 is 1.86 bits per heavy atom. The molecule has 0 aromatic carbocycles. The van der Waals surface area contributed by atoms with E-state index in [0.29, 0.717) is 6.10 Å². The lowest BCUT2D eigenvalue weighted by Crippen LogP contribution is -1.60. The van der Waals surface area contributed by atoms with E-state index in [1.165, 1.54) is 0 Å². The maximum atomic E-state index is 8.12. The molecule has 1 heterocycles. The monoisotopic (exact) mass is 102 g/mol. The summed E-state index contributed by atoms with van der Waals surface area (Å²) in [5.41, 5.74) is 0. The van der Waals surface area contributed by atoms with Crippen LogP contribution >= 0.6 is 0 Å². The zero-order chi connectivity index (χ0) is 5.70. The van der Waals surface area contributed by atoms with Crippen LogP contribution in [0.5, 0.6) is 0 Å². The van der Waals surface area contributed by atoms with Gasteiger partial charge in [0.25, 0.3) is 0 Å². The third-order valence-electron chi connectivity index (χ3n) is 0.500. The summed E-state index contributed by atoms with van der Waals surface area (Å²) in [6.45, 7) is 3.04. The van der Waals surface area contributed by atoms with Gasteiger partial charge in [0.1, 0.15) is 0 Å². The summed E-state index contributed by atoms with van der Waals surface area (Å²) in [4.78, 5) is 16.2. The predicted octanol–water partition coefficient (Wildman–Crippen LogP) is -0.178. The van der Waals surface area contributed by atoms with Crippen LogP contribution in [0.4, 0.5) is 0 Å². The summed E-state index contributed by atoms with van der Waals surface area (Å²) in [6, 6.07) is 0. The lowest BCUT2D eigenvalue weighted by atomic mass is 10.6. The third kappa shape index (κ3) is 10.9. The van der Waals surface area contributed by atoms with E-state index < -0.39 is 0 Å². The third-order valence-corrected chi connectivity index (χ3v) is 0.500. The van der Waals surface area contributed by atoms with E-state index in [-0.39, 0.29) is 6.15 Å². The molecule has 0 radical (unpaired) electrons. The molecule has 0 bridgehead atoms. The van der Waals surface area contributed by atoms with E-state index in [1.807, 2.05) is 0 Å². The summed E-state index contributed by atoms with van der Waals surface area (Å²) >= 11 is 0. The first-order chi connectivity index (χ1) is 3.31. The van der Waals surface area contributed by atoms with E-state index >= 15 is 0 Å². The standard InChI is InChI=1S/C3H6O.CO2/c1-3-2-4-3;2-1-3/h3H,2H2,1H3;. The van der Waals surface area contributed by atoms with Crippen LogP contribution in [0.1, 0.15) is 6.92 Å². The normalized spacial score (nSPS) is 23.9.